The van der Waals surface area contributed by atoms with E-state index in [-0.39, 0.29) is 5.88 Å². The SMILES string of the molecule is N#CC1=C(N)Oc2n[nH]c(-c3ccc(Cl)cc3)c2C1c1ccc2ccccc2c1. The maximum atomic E-state index is 9.85. The van der Waals surface area contributed by atoms with Gasteiger partial charge in [-0.15, -0.1) is 5.10 Å². The van der Waals surface area contributed by atoms with Crippen molar-refractivity contribution in [1.29, 1.82) is 5.26 Å². The molecule has 1 aliphatic rings. The van der Waals surface area contributed by atoms with Crippen LogP contribution in [0.15, 0.2) is 78.2 Å². The van der Waals surface area contributed by atoms with Crippen molar-refractivity contribution in [2.24, 2.45) is 5.73 Å². The summed E-state index contributed by atoms with van der Waals surface area (Å²) < 4.78 is 5.67. The topological polar surface area (TPSA) is 87.7 Å². The minimum Gasteiger partial charge on any atom is -0.420 e. The molecule has 0 spiro atoms. The van der Waals surface area contributed by atoms with E-state index in [1.165, 1.54) is 0 Å². The first-order valence-corrected chi connectivity index (χ1v) is 9.44. The summed E-state index contributed by atoms with van der Waals surface area (Å²) >= 11 is 6.04. The summed E-state index contributed by atoms with van der Waals surface area (Å²) in [6.07, 6.45) is 0. The molecular weight excluding hydrogens is 384 g/mol. The molecule has 5 nitrogen and oxygen atoms in total. The number of nitrogens with two attached hydrogens (primary N) is 1. The molecule has 3 aromatic carbocycles. The van der Waals surface area contributed by atoms with Crippen molar-refractivity contribution in [3.63, 3.8) is 0 Å². The van der Waals surface area contributed by atoms with E-state index in [1.807, 2.05) is 54.6 Å². The lowest BCUT2D eigenvalue weighted by Crippen LogP contribution is -2.21. The van der Waals surface area contributed by atoms with Gasteiger partial charge < -0.3 is 10.5 Å². The molecule has 0 radical (unpaired) electrons. The van der Waals surface area contributed by atoms with Crippen molar-refractivity contribution in [3.05, 3.63) is 94.3 Å². The Bertz CT molecular complexity index is 1310. The molecule has 1 atom stereocenters. The Labute approximate surface area is 172 Å². The molecule has 0 amide bonds. The molecule has 5 rings (SSSR count). The maximum absolute atomic E-state index is 9.85. The first-order chi connectivity index (χ1) is 14.2. The molecule has 29 heavy (non-hydrogen) atoms. The van der Waals surface area contributed by atoms with Crippen LogP contribution in [-0.4, -0.2) is 10.2 Å². The molecule has 1 aliphatic heterocycles. The highest BCUT2D eigenvalue weighted by Gasteiger charge is 2.35. The van der Waals surface area contributed by atoms with E-state index in [2.05, 4.69) is 28.4 Å². The molecule has 0 saturated heterocycles. The van der Waals surface area contributed by atoms with Gasteiger partial charge in [0.2, 0.25) is 11.8 Å². The van der Waals surface area contributed by atoms with Gasteiger partial charge in [0.05, 0.1) is 17.2 Å². The van der Waals surface area contributed by atoms with E-state index >= 15 is 0 Å². The van der Waals surface area contributed by atoms with Gasteiger partial charge in [0, 0.05) is 10.6 Å². The second kappa shape index (κ2) is 6.69. The third kappa shape index (κ3) is 2.82. The largest absolute Gasteiger partial charge is 0.420 e. The zero-order chi connectivity index (χ0) is 20.0. The van der Waals surface area contributed by atoms with Crippen LogP contribution < -0.4 is 10.5 Å². The van der Waals surface area contributed by atoms with Gasteiger partial charge in [-0.1, -0.05) is 66.2 Å². The molecule has 0 bridgehead atoms. The number of aromatic amines is 1. The number of allylic oxidation sites excluding steroid dienone is 1. The standard InChI is InChI=1S/C23H15ClN4O/c24-17-9-7-14(8-10-17)21-20-19(18(12-25)22(26)29-23(20)28-27-21)16-6-5-13-3-1-2-4-15(13)11-16/h1-11,19H,26H2,(H,27,28). The average Bonchev–Trinajstić information content (AvgIpc) is 3.16. The molecule has 3 N–H and O–H groups in total. The Kier molecular flexibility index (Phi) is 4.01. The summed E-state index contributed by atoms with van der Waals surface area (Å²) in [6.45, 7) is 0. The van der Waals surface area contributed by atoms with Crippen LogP contribution in [0.1, 0.15) is 17.0 Å². The minimum atomic E-state index is -0.391. The lowest BCUT2D eigenvalue weighted by molar-refractivity contribution is 0.379. The molecule has 0 aliphatic carbocycles. The van der Waals surface area contributed by atoms with Crippen molar-refractivity contribution in [2.45, 2.75) is 5.92 Å². The van der Waals surface area contributed by atoms with E-state index in [0.717, 1.165) is 33.2 Å². The summed E-state index contributed by atoms with van der Waals surface area (Å²) in [6, 6.07) is 23.9. The van der Waals surface area contributed by atoms with Crippen LogP contribution in [-0.2, 0) is 0 Å². The number of nitrogens with one attached hydrogen (secondary N) is 1. The van der Waals surface area contributed by atoms with Crippen molar-refractivity contribution in [2.75, 3.05) is 0 Å². The predicted molar refractivity (Wildman–Crippen MR) is 112 cm³/mol. The number of ether oxygens (including phenoxy) is 1. The highest BCUT2D eigenvalue weighted by Crippen LogP contribution is 2.46. The quantitative estimate of drug-likeness (QED) is 0.491. The van der Waals surface area contributed by atoms with Crippen molar-refractivity contribution >= 4 is 22.4 Å². The molecule has 0 saturated carbocycles. The van der Waals surface area contributed by atoms with Crippen LogP contribution in [0.5, 0.6) is 5.88 Å². The first-order valence-electron chi connectivity index (χ1n) is 9.06. The van der Waals surface area contributed by atoms with Crippen LogP contribution >= 0.6 is 11.6 Å². The number of hydrogen-bond donors (Lipinski definition) is 2. The Morgan fingerprint density at radius 3 is 2.55 bits per heavy atom. The zero-order valence-electron chi connectivity index (χ0n) is 15.2. The van der Waals surface area contributed by atoms with Gasteiger partial charge in [-0.25, -0.2) is 0 Å². The number of H-pyrrole nitrogens is 1. The molecule has 1 unspecified atom stereocenters. The Morgan fingerprint density at radius 2 is 1.79 bits per heavy atom. The molecular formula is C23H15ClN4O. The van der Waals surface area contributed by atoms with E-state index in [4.69, 9.17) is 22.1 Å². The summed E-state index contributed by atoms with van der Waals surface area (Å²) in [5.74, 6) is 0.0645. The highest BCUT2D eigenvalue weighted by molar-refractivity contribution is 6.30. The number of fused-ring (bicyclic) bond motifs is 2. The van der Waals surface area contributed by atoms with E-state index in [1.54, 1.807) is 0 Å². The van der Waals surface area contributed by atoms with Crippen molar-refractivity contribution in [3.8, 4) is 23.2 Å². The second-order valence-electron chi connectivity index (χ2n) is 6.86. The fraction of sp³-hybridized carbons (Fsp3) is 0.0435. The van der Waals surface area contributed by atoms with Crippen molar-refractivity contribution in [1.82, 2.24) is 10.2 Å². The van der Waals surface area contributed by atoms with Crippen LogP contribution in [0.2, 0.25) is 5.02 Å². The maximum Gasteiger partial charge on any atom is 0.244 e. The number of rotatable bonds is 2. The normalized spacial score (nSPS) is 15.7. The number of aromatic nitrogens is 2. The minimum absolute atomic E-state index is 0.0762. The van der Waals surface area contributed by atoms with E-state index in [0.29, 0.717) is 16.5 Å². The first kappa shape index (κ1) is 17.4. The van der Waals surface area contributed by atoms with Crippen molar-refractivity contribution < 1.29 is 4.74 Å². The third-order valence-corrected chi connectivity index (χ3v) is 5.43. The Balaban J connectivity index is 1.74. The number of benzene rings is 3. The number of halogens is 1. The fourth-order valence-corrected chi connectivity index (χ4v) is 3.93. The number of nitriles is 1. The predicted octanol–water partition coefficient (Wildman–Crippen LogP) is 5.10. The van der Waals surface area contributed by atoms with Gasteiger partial charge in [-0.3, -0.25) is 5.10 Å². The third-order valence-electron chi connectivity index (χ3n) is 5.18. The molecule has 1 aromatic heterocycles. The summed E-state index contributed by atoms with van der Waals surface area (Å²) in [5.41, 5.74) is 9.85. The van der Waals surface area contributed by atoms with Crippen LogP contribution in [0.3, 0.4) is 0 Å². The van der Waals surface area contributed by atoms with E-state index < -0.39 is 5.92 Å². The smallest absolute Gasteiger partial charge is 0.244 e. The summed E-state index contributed by atoms with van der Waals surface area (Å²) in [4.78, 5) is 0. The molecule has 140 valence electrons. The zero-order valence-corrected chi connectivity index (χ0v) is 15.9. The average molecular weight is 399 g/mol. The molecule has 6 heteroatoms. The lowest BCUT2D eigenvalue weighted by atomic mass is 9.82. The Hall–Kier alpha value is -3.75. The monoisotopic (exact) mass is 398 g/mol. The van der Waals surface area contributed by atoms with Crippen LogP contribution in [0.25, 0.3) is 22.0 Å². The molecule has 0 fully saturated rings. The van der Waals surface area contributed by atoms with Gasteiger partial charge in [-0.05, 0) is 28.5 Å². The highest BCUT2D eigenvalue weighted by atomic mass is 35.5. The second-order valence-corrected chi connectivity index (χ2v) is 7.29. The van der Waals surface area contributed by atoms with Gasteiger partial charge in [0.25, 0.3) is 0 Å². The molecule has 2 heterocycles. The summed E-state index contributed by atoms with van der Waals surface area (Å²) in [7, 11) is 0. The summed E-state index contributed by atoms with van der Waals surface area (Å²) in [5, 5.41) is 20.1. The van der Waals surface area contributed by atoms with E-state index in [9.17, 15) is 5.26 Å². The number of hydrogen-bond acceptors (Lipinski definition) is 4. The van der Waals surface area contributed by atoms with Gasteiger partial charge in [-0.2, -0.15) is 5.26 Å². The number of nitrogens with zero attached hydrogens (tertiary/aromatic N) is 2. The fourth-order valence-electron chi connectivity index (χ4n) is 3.80. The molecule has 4 aromatic rings. The lowest BCUT2D eigenvalue weighted by Gasteiger charge is -2.24. The van der Waals surface area contributed by atoms with Gasteiger partial charge >= 0.3 is 0 Å². The van der Waals surface area contributed by atoms with Gasteiger partial charge in [0.15, 0.2) is 0 Å². The van der Waals surface area contributed by atoms with Gasteiger partial charge in [0.1, 0.15) is 11.6 Å². The Morgan fingerprint density at radius 1 is 1.03 bits per heavy atom. The van der Waals surface area contributed by atoms with Crippen LogP contribution in [0.4, 0.5) is 0 Å². The van der Waals surface area contributed by atoms with Crippen LogP contribution in [0, 0.1) is 11.3 Å².